The summed E-state index contributed by atoms with van der Waals surface area (Å²) >= 11 is 0. The normalized spacial score (nSPS) is 12.1. The van der Waals surface area contributed by atoms with Crippen molar-refractivity contribution in [2.75, 3.05) is 19.8 Å². The van der Waals surface area contributed by atoms with Crippen molar-refractivity contribution in [3.8, 4) is 5.75 Å². The molecule has 12 nitrogen and oxygen atoms in total. The van der Waals surface area contributed by atoms with Gasteiger partial charge in [-0.1, -0.05) is 0 Å². The van der Waals surface area contributed by atoms with Crippen molar-refractivity contribution in [3.63, 3.8) is 0 Å². The van der Waals surface area contributed by atoms with Gasteiger partial charge in [0.25, 0.3) is 5.91 Å². The molecule has 0 radical (unpaired) electrons. The highest BCUT2D eigenvalue weighted by Crippen LogP contribution is 2.13. The molecule has 1 aromatic carbocycles. The number of ether oxygens (including phenoxy) is 1. The first kappa shape index (κ1) is 28.1. The molecule has 0 spiro atoms. The third-order valence-electron chi connectivity index (χ3n) is 4.52. The van der Waals surface area contributed by atoms with Gasteiger partial charge in [0.2, 0.25) is 0 Å². The Morgan fingerprint density at radius 1 is 0.882 bits per heavy atom. The third kappa shape index (κ3) is 11.1. The number of halogens is 1. The summed E-state index contributed by atoms with van der Waals surface area (Å²) in [6.07, 6.45) is 0.0654. The molecule has 1 rings (SSSR count). The number of hydrogen-bond donors (Lipinski definition) is 6. The SMILES string of the molecule is O=C(O)CC[C@H](NC(=O)NCCCC[C@H](NC(=O)c1ccc(OCCF)cc1)C(=O)O)C(=O)O. The van der Waals surface area contributed by atoms with Gasteiger partial charge in [0.15, 0.2) is 0 Å². The molecular formula is C21H28FN3O9. The number of carbonyl (C=O) groups is 5. The van der Waals surface area contributed by atoms with E-state index in [4.69, 9.17) is 14.9 Å². The molecule has 0 aliphatic heterocycles. The van der Waals surface area contributed by atoms with E-state index in [1.165, 1.54) is 24.3 Å². The summed E-state index contributed by atoms with van der Waals surface area (Å²) in [6.45, 7) is -0.663. The van der Waals surface area contributed by atoms with Gasteiger partial charge in [-0.3, -0.25) is 9.59 Å². The van der Waals surface area contributed by atoms with Crippen LogP contribution in [-0.2, 0) is 14.4 Å². The van der Waals surface area contributed by atoms with Gasteiger partial charge in [-0.15, -0.1) is 0 Å². The lowest BCUT2D eigenvalue weighted by Gasteiger charge is -2.16. The first-order valence-corrected chi connectivity index (χ1v) is 10.5. The first-order chi connectivity index (χ1) is 16.1. The second-order valence-electron chi connectivity index (χ2n) is 7.15. The monoisotopic (exact) mass is 485 g/mol. The van der Waals surface area contributed by atoms with Gasteiger partial charge < -0.3 is 36.0 Å². The standard InChI is InChI=1S/C21H28FN3O9/c22-10-12-34-14-6-4-13(5-7-14)18(28)24-15(19(29)30)3-1-2-11-23-21(33)25-16(20(31)32)8-9-17(26)27/h4-7,15-16H,1-3,8-12H2,(H,24,28)(H,26,27)(H,29,30)(H,31,32)(H2,23,25,33)/t15-,16-/m0/s1. The molecule has 0 heterocycles. The molecule has 0 aliphatic carbocycles. The van der Waals surface area contributed by atoms with Gasteiger partial charge >= 0.3 is 23.9 Å². The summed E-state index contributed by atoms with van der Waals surface area (Å²) in [4.78, 5) is 57.1. The molecule has 0 saturated heterocycles. The second-order valence-corrected chi connectivity index (χ2v) is 7.15. The quantitative estimate of drug-likeness (QED) is 0.185. The van der Waals surface area contributed by atoms with Crippen molar-refractivity contribution >= 4 is 29.8 Å². The molecule has 0 bridgehead atoms. The zero-order valence-corrected chi connectivity index (χ0v) is 18.3. The van der Waals surface area contributed by atoms with Crippen molar-refractivity contribution in [1.29, 1.82) is 0 Å². The number of hydrogen-bond acceptors (Lipinski definition) is 6. The van der Waals surface area contributed by atoms with Gasteiger partial charge in [0.05, 0.1) is 0 Å². The molecule has 0 unspecified atom stereocenters. The number of carbonyl (C=O) groups excluding carboxylic acids is 2. The number of amides is 3. The van der Waals surface area contributed by atoms with Crippen LogP contribution >= 0.6 is 0 Å². The molecule has 34 heavy (non-hydrogen) atoms. The summed E-state index contributed by atoms with van der Waals surface area (Å²) in [5, 5.41) is 34.0. The van der Waals surface area contributed by atoms with Crippen molar-refractivity contribution in [3.05, 3.63) is 29.8 Å². The van der Waals surface area contributed by atoms with Crippen LogP contribution in [0.25, 0.3) is 0 Å². The van der Waals surface area contributed by atoms with Gasteiger partial charge in [0, 0.05) is 18.5 Å². The number of nitrogens with one attached hydrogen (secondary N) is 3. The Labute approximate surface area is 194 Å². The zero-order chi connectivity index (χ0) is 25.5. The number of alkyl halides is 1. The van der Waals surface area contributed by atoms with E-state index in [0.29, 0.717) is 18.6 Å². The van der Waals surface area contributed by atoms with Crippen LogP contribution < -0.4 is 20.7 Å². The molecule has 0 saturated carbocycles. The maximum atomic E-state index is 12.3. The number of aliphatic carboxylic acids is 3. The van der Waals surface area contributed by atoms with E-state index in [2.05, 4.69) is 16.0 Å². The van der Waals surface area contributed by atoms with E-state index in [1.807, 2.05) is 0 Å². The smallest absolute Gasteiger partial charge is 0.326 e. The predicted octanol–water partition coefficient (Wildman–Crippen LogP) is 1.01. The topological polar surface area (TPSA) is 191 Å². The van der Waals surface area contributed by atoms with Crippen LogP contribution in [0.2, 0.25) is 0 Å². The first-order valence-electron chi connectivity index (χ1n) is 10.5. The highest BCUT2D eigenvalue weighted by Gasteiger charge is 2.22. The largest absolute Gasteiger partial charge is 0.491 e. The molecule has 2 atom stereocenters. The third-order valence-corrected chi connectivity index (χ3v) is 4.52. The maximum Gasteiger partial charge on any atom is 0.326 e. The van der Waals surface area contributed by atoms with Crippen LogP contribution in [0.5, 0.6) is 5.75 Å². The number of unbranched alkanes of at least 4 members (excludes halogenated alkanes) is 1. The average molecular weight is 485 g/mol. The van der Waals surface area contributed by atoms with Crippen LogP contribution in [0, 0.1) is 0 Å². The Kier molecular flexibility index (Phi) is 12.4. The van der Waals surface area contributed by atoms with E-state index in [0.717, 1.165) is 0 Å². The summed E-state index contributed by atoms with van der Waals surface area (Å²) in [7, 11) is 0. The lowest BCUT2D eigenvalue weighted by molar-refractivity contribution is -0.141. The molecule has 13 heteroatoms. The molecular weight excluding hydrogens is 457 g/mol. The van der Waals surface area contributed by atoms with Crippen LogP contribution in [0.15, 0.2) is 24.3 Å². The molecule has 188 valence electrons. The molecule has 0 fully saturated rings. The van der Waals surface area contributed by atoms with Crippen LogP contribution in [0.1, 0.15) is 42.5 Å². The fraction of sp³-hybridized carbons (Fsp3) is 0.476. The molecule has 1 aromatic rings. The van der Waals surface area contributed by atoms with Crippen LogP contribution in [0.3, 0.4) is 0 Å². The molecule has 3 amide bonds. The van der Waals surface area contributed by atoms with E-state index < -0.39 is 55.0 Å². The number of urea groups is 1. The zero-order valence-electron chi connectivity index (χ0n) is 18.3. The minimum atomic E-state index is -1.36. The Hall–Kier alpha value is -3.90. The van der Waals surface area contributed by atoms with Crippen LogP contribution in [0.4, 0.5) is 9.18 Å². The summed E-state index contributed by atoms with van der Waals surface area (Å²) in [5.41, 5.74) is 0.202. The lowest BCUT2D eigenvalue weighted by atomic mass is 10.1. The van der Waals surface area contributed by atoms with Gasteiger partial charge in [-0.25, -0.2) is 18.8 Å². The highest BCUT2D eigenvalue weighted by atomic mass is 19.1. The Bertz CT molecular complexity index is 848. The van der Waals surface area contributed by atoms with Crippen molar-refractivity contribution in [1.82, 2.24) is 16.0 Å². The highest BCUT2D eigenvalue weighted by molar-refractivity contribution is 5.96. The molecule has 0 aromatic heterocycles. The van der Waals surface area contributed by atoms with E-state index in [9.17, 15) is 33.5 Å². The average Bonchev–Trinajstić information content (AvgIpc) is 2.79. The predicted molar refractivity (Wildman–Crippen MR) is 115 cm³/mol. The Morgan fingerprint density at radius 3 is 2.06 bits per heavy atom. The Morgan fingerprint density at radius 2 is 1.50 bits per heavy atom. The van der Waals surface area contributed by atoms with Crippen LogP contribution in [-0.4, -0.2) is 77.1 Å². The second kappa shape index (κ2) is 15.0. The summed E-state index contributed by atoms with van der Waals surface area (Å²) < 4.78 is 17.2. The van der Waals surface area contributed by atoms with Crippen molar-refractivity contribution < 1.29 is 48.4 Å². The van der Waals surface area contributed by atoms with Crippen molar-refractivity contribution in [2.24, 2.45) is 0 Å². The van der Waals surface area contributed by atoms with E-state index >= 15 is 0 Å². The number of rotatable bonds is 16. The number of carboxylic acids is 3. The van der Waals surface area contributed by atoms with Gasteiger partial charge in [-0.05, 0) is 49.9 Å². The minimum absolute atomic E-state index is 0.0818. The minimum Gasteiger partial charge on any atom is -0.491 e. The number of benzene rings is 1. The fourth-order valence-corrected chi connectivity index (χ4v) is 2.77. The molecule has 6 N–H and O–H groups in total. The number of carboxylic acid groups (broad SMARTS) is 3. The summed E-state index contributed by atoms with van der Waals surface area (Å²) in [6, 6.07) is 2.46. The fourth-order valence-electron chi connectivity index (χ4n) is 2.77. The van der Waals surface area contributed by atoms with Gasteiger partial charge in [0.1, 0.15) is 31.1 Å². The Balaban J connectivity index is 2.41. The van der Waals surface area contributed by atoms with Crippen molar-refractivity contribution in [2.45, 2.75) is 44.2 Å². The molecule has 0 aliphatic rings. The summed E-state index contributed by atoms with van der Waals surface area (Å²) in [5.74, 6) is -4.02. The van der Waals surface area contributed by atoms with E-state index in [1.54, 1.807) is 0 Å². The maximum absolute atomic E-state index is 12.3. The van der Waals surface area contributed by atoms with E-state index in [-0.39, 0.29) is 31.6 Å². The lowest BCUT2D eigenvalue weighted by Crippen LogP contribution is -2.46. The van der Waals surface area contributed by atoms with Gasteiger partial charge in [-0.2, -0.15) is 0 Å².